The Bertz CT molecular complexity index is 811. The molecule has 162 valence electrons. The lowest BCUT2D eigenvalue weighted by molar-refractivity contribution is -0.137. The average molecular weight is 418 g/mol. The van der Waals surface area contributed by atoms with E-state index in [2.05, 4.69) is 29.0 Å². The molecule has 0 aliphatic heterocycles. The molecule has 30 heavy (non-hydrogen) atoms. The van der Waals surface area contributed by atoms with Crippen molar-refractivity contribution in [3.05, 3.63) is 76.9 Å². The minimum atomic E-state index is -4.41. The molecule has 0 atom stereocenters. The third-order valence-electron chi connectivity index (χ3n) is 5.08. The molecule has 0 heterocycles. The molecule has 2 nitrogen and oxygen atoms in total. The van der Waals surface area contributed by atoms with Crippen LogP contribution < -0.4 is 0 Å². The number of benzene rings is 2. The molecule has 0 aliphatic rings. The highest BCUT2D eigenvalue weighted by molar-refractivity contribution is 5.87. The smallest absolute Gasteiger partial charge is 0.416 e. The first-order valence-corrected chi connectivity index (χ1v) is 10.4. The first-order chi connectivity index (χ1) is 14.4. The molecule has 0 saturated carbocycles. The van der Waals surface area contributed by atoms with Gasteiger partial charge in [-0.3, -0.25) is 0 Å². The fourth-order valence-electron chi connectivity index (χ4n) is 3.38. The number of unbranched alkanes of at least 4 members (excludes halogenated alkanes) is 5. The molecule has 0 aliphatic carbocycles. The minimum Gasteiger partial charge on any atom is -0.466 e. The van der Waals surface area contributed by atoms with Crippen molar-refractivity contribution in [2.24, 2.45) is 0 Å². The average Bonchev–Trinajstić information content (AvgIpc) is 2.74. The number of carbonyl (C=O) groups is 1. The standard InChI is InChI=1S/C25H29F3O2/c1-30-24(29)18-16-22-19-23(25(26,27)28)17-15-21(22)14-10-5-3-2-4-7-11-20-12-8-6-9-13-20/h6,8-9,12-13,15-19H,2-5,7,10-11,14H2,1H3/b18-16+. The van der Waals surface area contributed by atoms with E-state index in [0.29, 0.717) is 12.0 Å². The van der Waals surface area contributed by atoms with Crippen LogP contribution in [0.5, 0.6) is 0 Å². The maximum Gasteiger partial charge on any atom is 0.416 e. The molecule has 0 unspecified atom stereocenters. The first kappa shape index (κ1) is 23.7. The molecule has 0 saturated heterocycles. The molecule has 0 fully saturated rings. The molecule has 2 aromatic rings. The Balaban J connectivity index is 1.79. The van der Waals surface area contributed by atoms with Crippen molar-refractivity contribution in [3.63, 3.8) is 0 Å². The van der Waals surface area contributed by atoms with Crippen molar-refractivity contribution >= 4 is 12.0 Å². The molecule has 0 spiro atoms. The van der Waals surface area contributed by atoms with Gasteiger partial charge in [-0.1, -0.05) is 62.1 Å². The van der Waals surface area contributed by atoms with Crippen LogP contribution in [-0.2, 0) is 28.5 Å². The molecule has 2 aromatic carbocycles. The predicted octanol–water partition coefficient (Wildman–Crippen LogP) is 7.02. The third-order valence-corrected chi connectivity index (χ3v) is 5.08. The summed E-state index contributed by atoms with van der Waals surface area (Å²) >= 11 is 0. The molecule has 0 radical (unpaired) electrons. The second-order valence-corrected chi connectivity index (χ2v) is 7.37. The molecule has 0 amide bonds. The van der Waals surface area contributed by atoms with E-state index in [0.717, 1.165) is 55.9 Å². The van der Waals surface area contributed by atoms with E-state index < -0.39 is 17.7 Å². The summed E-state index contributed by atoms with van der Waals surface area (Å²) in [6.45, 7) is 0. The number of rotatable bonds is 11. The number of hydrogen-bond donors (Lipinski definition) is 0. The maximum atomic E-state index is 13.0. The van der Waals surface area contributed by atoms with Gasteiger partial charge in [-0.2, -0.15) is 13.2 Å². The van der Waals surface area contributed by atoms with Crippen molar-refractivity contribution in [2.75, 3.05) is 7.11 Å². The molecule has 2 rings (SSSR count). The van der Waals surface area contributed by atoms with E-state index in [1.807, 2.05) is 6.07 Å². The highest BCUT2D eigenvalue weighted by Gasteiger charge is 2.30. The van der Waals surface area contributed by atoms with Gasteiger partial charge in [0, 0.05) is 6.08 Å². The lowest BCUT2D eigenvalue weighted by Crippen LogP contribution is -2.06. The quantitative estimate of drug-likeness (QED) is 0.223. The van der Waals surface area contributed by atoms with Crippen LogP contribution in [0, 0.1) is 0 Å². The number of hydrogen-bond acceptors (Lipinski definition) is 2. The van der Waals surface area contributed by atoms with E-state index >= 15 is 0 Å². The van der Waals surface area contributed by atoms with Gasteiger partial charge in [0.05, 0.1) is 12.7 Å². The van der Waals surface area contributed by atoms with Crippen LogP contribution in [0.25, 0.3) is 6.08 Å². The van der Waals surface area contributed by atoms with E-state index in [9.17, 15) is 18.0 Å². The summed E-state index contributed by atoms with van der Waals surface area (Å²) in [5.41, 5.74) is 1.88. The van der Waals surface area contributed by atoms with Crippen molar-refractivity contribution < 1.29 is 22.7 Å². The fraction of sp³-hybridized carbons (Fsp3) is 0.400. The van der Waals surface area contributed by atoms with Crippen molar-refractivity contribution in [2.45, 2.75) is 57.5 Å². The second-order valence-electron chi connectivity index (χ2n) is 7.37. The van der Waals surface area contributed by atoms with Gasteiger partial charge in [0.15, 0.2) is 0 Å². The number of carbonyl (C=O) groups excluding carboxylic acids is 1. The number of aryl methyl sites for hydroxylation is 2. The van der Waals surface area contributed by atoms with Gasteiger partial charge in [0.2, 0.25) is 0 Å². The first-order valence-electron chi connectivity index (χ1n) is 10.4. The molecule has 0 aromatic heterocycles. The van der Waals surface area contributed by atoms with Crippen LogP contribution in [0.2, 0.25) is 0 Å². The molecule has 0 bridgehead atoms. The van der Waals surface area contributed by atoms with Crippen LogP contribution in [-0.4, -0.2) is 13.1 Å². The van der Waals surface area contributed by atoms with Crippen LogP contribution >= 0.6 is 0 Å². The van der Waals surface area contributed by atoms with Crippen LogP contribution in [0.15, 0.2) is 54.6 Å². The molecular weight excluding hydrogens is 389 g/mol. The predicted molar refractivity (Wildman–Crippen MR) is 114 cm³/mol. The zero-order chi connectivity index (χ0) is 21.8. The highest BCUT2D eigenvalue weighted by atomic mass is 19.4. The van der Waals surface area contributed by atoms with Gasteiger partial charge >= 0.3 is 12.1 Å². The van der Waals surface area contributed by atoms with Gasteiger partial charge in [0.1, 0.15) is 0 Å². The Morgan fingerprint density at radius 2 is 1.53 bits per heavy atom. The van der Waals surface area contributed by atoms with Gasteiger partial charge in [-0.05, 0) is 60.6 Å². The summed E-state index contributed by atoms with van der Waals surface area (Å²) in [5.74, 6) is -0.589. The molecule has 5 heteroatoms. The van der Waals surface area contributed by atoms with Crippen LogP contribution in [0.4, 0.5) is 13.2 Å². The van der Waals surface area contributed by atoms with Gasteiger partial charge in [-0.15, -0.1) is 0 Å². The topological polar surface area (TPSA) is 26.3 Å². The van der Waals surface area contributed by atoms with Gasteiger partial charge in [0.25, 0.3) is 0 Å². The van der Waals surface area contributed by atoms with Gasteiger partial charge in [-0.25, -0.2) is 4.79 Å². The Morgan fingerprint density at radius 1 is 0.900 bits per heavy atom. The monoisotopic (exact) mass is 418 g/mol. The fourth-order valence-corrected chi connectivity index (χ4v) is 3.38. The molecule has 0 N–H and O–H groups in total. The Labute approximate surface area is 176 Å². The van der Waals surface area contributed by atoms with Crippen LogP contribution in [0.3, 0.4) is 0 Å². The van der Waals surface area contributed by atoms with E-state index in [-0.39, 0.29) is 0 Å². The number of methoxy groups -OCH3 is 1. The third kappa shape index (κ3) is 8.44. The van der Waals surface area contributed by atoms with Crippen LogP contribution in [0.1, 0.15) is 60.8 Å². The normalized spacial score (nSPS) is 11.7. The Hall–Kier alpha value is -2.56. The summed E-state index contributed by atoms with van der Waals surface area (Å²) in [5, 5.41) is 0. The van der Waals surface area contributed by atoms with Crippen molar-refractivity contribution in [1.82, 2.24) is 0 Å². The summed E-state index contributed by atoms with van der Waals surface area (Å²) in [4.78, 5) is 11.3. The minimum absolute atomic E-state index is 0.415. The maximum absolute atomic E-state index is 13.0. The van der Waals surface area contributed by atoms with Crippen molar-refractivity contribution in [1.29, 1.82) is 0 Å². The SMILES string of the molecule is COC(=O)/C=C/c1cc(C(F)(F)F)ccc1CCCCCCCCc1ccccc1. The zero-order valence-electron chi connectivity index (χ0n) is 17.4. The van der Waals surface area contributed by atoms with E-state index in [1.165, 1.54) is 37.7 Å². The zero-order valence-corrected chi connectivity index (χ0v) is 17.4. The van der Waals surface area contributed by atoms with E-state index in [1.54, 1.807) is 0 Å². The second kappa shape index (κ2) is 12.2. The Kier molecular flexibility index (Phi) is 9.65. The lowest BCUT2D eigenvalue weighted by atomic mass is 9.97. The number of alkyl halides is 3. The lowest BCUT2D eigenvalue weighted by Gasteiger charge is -2.11. The van der Waals surface area contributed by atoms with Gasteiger partial charge < -0.3 is 4.74 Å². The highest BCUT2D eigenvalue weighted by Crippen LogP contribution is 2.31. The number of halogens is 3. The van der Waals surface area contributed by atoms with E-state index in [4.69, 9.17) is 0 Å². The summed E-state index contributed by atoms with van der Waals surface area (Å²) in [7, 11) is 1.24. The Morgan fingerprint density at radius 3 is 2.17 bits per heavy atom. The summed E-state index contributed by atoms with van der Waals surface area (Å²) in [6.07, 6.45) is 6.50. The number of ether oxygens (including phenoxy) is 1. The largest absolute Gasteiger partial charge is 0.466 e. The molecular formula is C25H29F3O2. The number of esters is 1. The van der Waals surface area contributed by atoms with Crippen molar-refractivity contribution in [3.8, 4) is 0 Å². The summed E-state index contributed by atoms with van der Waals surface area (Å²) in [6, 6.07) is 14.2. The summed E-state index contributed by atoms with van der Waals surface area (Å²) < 4.78 is 43.6.